The molecule has 110 valence electrons. The first-order chi connectivity index (χ1) is 11.4. The molecule has 0 fully saturated rings. The van der Waals surface area contributed by atoms with Gasteiger partial charge in [0.1, 0.15) is 5.58 Å². The van der Waals surface area contributed by atoms with Crippen LogP contribution in [-0.2, 0) is 6.54 Å². The molecule has 0 radical (unpaired) electrons. The highest BCUT2D eigenvalue weighted by Gasteiger charge is 2.17. The van der Waals surface area contributed by atoms with Crippen molar-refractivity contribution in [1.82, 2.24) is 4.57 Å². The molecule has 2 aromatic heterocycles. The van der Waals surface area contributed by atoms with E-state index in [-0.39, 0.29) is 0 Å². The molecule has 0 unspecified atom stereocenters. The fourth-order valence-electron chi connectivity index (χ4n) is 3.44. The second kappa shape index (κ2) is 4.75. The van der Waals surface area contributed by atoms with Gasteiger partial charge < -0.3 is 8.98 Å². The molecule has 0 bridgehead atoms. The van der Waals surface area contributed by atoms with Crippen LogP contribution in [-0.4, -0.2) is 4.57 Å². The highest BCUT2D eigenvalue weighted by atomic mass is 16.3. The molecule has 23 heavy (non-hydrogen) atoms. The van der Waals surface area contributed by atoms with Crippen molar-refractivity contribution in [1.29, 1.82) is 0 Å². The summed E-state index contributed by atoms with van der Waals surface area (Å²) < 4.78 is 8.48. The number of furan rings is 1. The zero-order chi connectivity index (χ0) is 15.2. The summed E-state index contributed by atoms with van der Waals surface area (Å²) in [5.74, 6) is 0. The summed E-state index contributed by atoms with van der Waals surface area (Å²) in [5, 5.41) is 3.65. The van der Waals surface area contributed by atoms with E-state index in [1.165, 1.54) is 27.2 Å². The smallest absolute Gasteiger partial charge is 0.209 e. The van der Waals surface area contributed by atoms with Crippen molar-refractivity contribution < 1.29 is 4.42 Å². The molecule has 0 aliphatic carbocycles. The third kappa shape index (κ3) is 1.82. The third-order valence-corrected chi connectivity index (χ3v) is 4.47. The lowest BCUT2D eigenvalue weighted by atomic mass is 10.1. The first-order valence-corrected chi connectivity index (χ1v) is 7.84. The van der Waals surface area contributed by atoms with Crippen molar-refractivity contribution in [3.8, 4) is 0 Å². The Labute approximate surface area is 133 Å². The molecule has 2 heterocycles. The highest BCUT2D eigenvalue weighted by molar-refractivity contribution is 6.19. The Morgan fingerprint density at radius 3 is 2.26 bits per heavy atom. The average Bonchev–Trinajstić information content (AvgIpc) is 3.12. The lowest BCUT2D eigenvalue weighted by molar-refractivity contribution is 0.623. The van der Waals surface area contributed by atoms with Crippen LogP contribution >= 0.6 is 0 Å². The molecule has 0 saturated carbocycles. The molecule has 0 saturated heterocycles. The molecule has 0 aliphatic rings. The van der Waals surface area contributed by atoms with Crippen molar-refractivity contribution in [3.63, 3.8) is 0 Å². The van der Waals surface area contributed by atoms with E-state index in [0.29, 0.717) is 0 Å². The third-order valence-electron chi connectivity index (χ3n) is 4.47. The number of hydrogen-bond donors (Lipinski definition) is 0. The first-order valence-electron chi connectivity index (χ1n) is 7.84. The summed E-state index contributed by atoms with van der Waals surface area (Å²) in [6, 6.07) is 27.3. The lowest BCUT2D eigenvalue weighted by Gasteiger charge is -2.06. The Morgan fingerprint density at radius 1 is 0.696 bits per heavy atom. The number of hydrogen-bond acceptors (Lipinski definition) is 1. The molecule has 2 nitrogen and oxygen atoms in total. The van der Waals surface area contributed by atoms with Crippen LogP contribution in [0.15, 0.2) is 83.3 Å². The number of rotatable bonds is 2. The van der Waals surface area contributed by atoms with Crippen LogP contribution < -0.4 is 0 Å². The van der Waals surface area contributed by atoms with Gasteiger partial charge in [-0.15, -0.1) is 0 Å². The normalized spacial score (nSPS) is 11.7. The monoisotopic (exact) mass is 297 g/mol. The largest absolute Gasteiger partial charge is 0.439 e. The maximum atomic E-state index is 6.20. The fraction of sp³-hybridized carbons (Fsp3) is 0.0476. The minimum absolute atomic E-state index is 0.810. The van der Waals surface area contributed by atoms with Crippen molar-refractivity contribution in [3.05, 3.63) is 84.4 Å². The second-order valence-electron chi connectivity index (χ2n) is 5.87. The minimum Gasteiger partial charge on any atom is -0.439 e. The molecule has 5 rings (SSSR count). The summed E-state index contributed by atoms with van der Waals surface area (Å²) in [5.41, 5.74) is 4.40. The van der Waals surface area contributed by atoms with E-state index >= 15 is 0 Å². The van der Waals surface area contributed by atoms with E-state index in [4.69, 9.17) is 4.42 Å². The zero-order valence-corrected chi connectivity index (χ0v) is 12.6. The van der Waals surface area contributed by atoms with Gasteiger partial charge >= 0.3 is 0 Å². The van der Waals surface area contributed by atoms with Gasteiger partial charge in [0.2, 0.25) is 5.71 Å². The predicted octanol–water partition coefficient (Wildman–Crippen LogP) is 5.59. The Hall–Kier alpha value is -3.00. The van der Waals surface area contributed by atoms with Gasteiger partial charge in [-0.25, -0.2) is 0 Å². The summed E-state index contributed by atoms with van der Waals surface area (Å²) in [4.78, 5) is 0. The van der Waals surface area contributed by atoms with Crippen LogP contribution in [0, 0.1) is 0 Å². The van der Waals surface area contributed by atoms with Gasteiger partial charge in [0.15, 0.2) is 0 Å². The molecule has 0 N–H and O–H groups in total. The number of nitrogens with zero attached hydrogens (tertiary/aromatic N) is 1. The van der Waals surface area contributed by atoms with Crippen LogP contribution in [0.3, 0.4) is 0 Å². The van der Waals surface area contributed by atoms with Gasteiger partial charge in [-0.1, -0.05) is 66.7 Å². The maximum absolute atomic E-state index is 6.20. The highest BCUT2D eigenvalue weighted by Crippen LogP contribution is 2.37. The van der Waals surface area contributed by atoms with E-state index in [1.54, 1.807) is 0 Å². The Kier molecular flexibility index (Phi) is 2.59. The molecular formula is C21H15NO. The zero-order valence-electron chi connectivity index (χ0n) is 12.6. The Bertz CT molecular complexity index is 1130. The van der Waals surface area contributed by atoms with Crippen molar-refractivity contribution in [2.24, 2.45) is 0 Å². The predicted molar refractivity (Wildman–Crippen MR) is 94.8 cm³/mol. The maximum Gasteiger partial charge on any atom is 0.209 e. The Morgan fingerprint density at radius 2 is 1.39 bits per heavy atom. The standard InChI is InChI=1S/C21H15NO/c1-2-8-15(9-3-1)14-22-18-12-6-4-10-16(18)20-17-11-5-7-13-19(17)23-21(20)22/h1-13H,14H2. The van der Waals surface area contributed by atoms with E-state index in [1.807, 2.05) is 18.2 Å². The van der Waals surface area contributed by atoms with Crippen LogP contribution in [0.2, 0.25) is 0 Å². The Balaban J connectivity index is 1.88. The molecule has 3 aromatic carbocycles. The molecule has 0 spiro atoms. The summed E-state index contributed by atoms with van der Waals surface area (Å²) >= 11 is 0. The molecule has 5 aromatic rings. The number of benzene rings is 3. The molecule has 2 heteroatoms. The summed E-state index contributed by atoms with van der Waals surface area (Å²) in [6.45, 7) is 0.810. The van der Waals surface area contributed by atoms with E-state index in [2.05, 4.69) is 65.2 Å². The average molecular weight is 297 g/mol. The van der Waals surface area contributed by atoms with E-state index in [0.717, 1.165) is 17.8 Å². The number of para-hydroxylation sites is 2. The van der Waals surface area contributed by atoms with Crippen LogP contribution in [0.1, 0.15) is 5.56 Å². The summed E-state index contributed by atoms with van der Waals surface area (Å²) in [6.07, 6.45) is 0. The van der Waals surface area contributed by atoms with Crippen molar-refractivity contribution in [2.45, 2.75) is 6.54 Å². The molecule has 0 aliphatic heterocycles. The lowest BCUT2D eigenvalue weighted by Crippen LogP contribution is -1.98. The second-order valence-corrected chi connectivity index (χ2v) is 5.87. The SMILES string of the molecule is c1ccc(Cn2c3ccccc3c3c4ccccc4oc32)cc1. The van der Waals surface area contributed by atoms with Crippen molar-refractivity contribution in [2.75, 3.05) is 0 Å². The quantitative estimate of drug-likeness (QED) is 0.415. The molecule has 0 amide bonds. The molecule has 0 atom stereocenters. The van der Waals surface area contributed by atoms with Crippen LogP contribution in [0.5, 0.6) is 0 Å². The van der Waals surface area contributed by atoms with E-state index in [9.17, 15) is 0 Å². The number of aromatic nitrogens is 1. The topological polar surface area (TPSA) is 18.1 Å². The first kappa shape index (κ1) is 12.5. The van der Waals surface area contributed by atoms with Crippen LogP contribution in [0.25, 0.3) is 33.0 Å². The van der Waals surface area contributed by atoms with Gasteiger partial charge in [-0.3, -0.25) is 0 Å². The number of fused-ring (bicyclic) bond motifs is 5. The summed E-state index contributed by atoms with van der Waals surface area (Å²) in [7, 11) is 0. The van der Waals surface area contributed by atoms with Crippen LogP contribution in [0.4, 0.5) is 0 Å². The molecular weight excluding hydrogens is 282 g/mol. The van der Waals surface area contributed by atoms with Gasteiger partial charge in [0, 0.05) is 10.8 Å². The minimum atomic E-state index is 0.810. The van der Waals surface area contributed by atoms with Gasteiger partial charge in [0.25, 0.3) is 0 Å². The van der Waals surface area contributed by atoms with Gasteiger partial charge in [-0.05, 0) is 17.7 Å². The fourth-order valence-corrected chi connectivity index (χ4v) is 3.44. The van der Waals surface area contributed by atoms with E-state index < -0.39 is 0 Å². The van der Waals surface area contributed by atoms with Crippen molar-refractivity contribution >= 4 is 33.0 Å². The van der Waals surface area contributed by atoms with Gasteiger partial charge in [-0.2, -0.15) is 0 Å². The van der Waals surface area contributed by atoms with Gasteiger partial charge in [0.05, 0.1) is 17.4 Å².